The topological polar surface area (TPSA) is 196 Å². The van der Waals surface area contributed by atoms with Crippen LogP contribution in [0, 0.1) is 0 Å². The molecule has 0 aliphatic rings. The summed E-state index contributed by atoms with van der Waals surface area (Å²) in [5, 5.41) is 42.8. The highest BCUT2D eigenvalue weighted by atomic mass is 16.6. The number of carbonyl (C=O) groups is 5. The zero-order valence-corrected chi connectivity index (χ0v) is 8.97. The van der Waals surface area contributed by atoms with Crippen LogP contribution in [0.15, 0.2) is 0 Å². The maximum absolute atomic E-state index is 10.8. The smallest absolute Gasteiger partial charge is 0.348 e. The molecule has 0 aromatic rings. The summed E-state index contributed by atoms with van der Waals surface area (Å²) in [6, 6.07) is 0. The largest absolute Gasteiger partial charge is 0.481 e. The summed E-state index contributed by atoms with van der Waals surface area (Å²) in [6.45, 7) is 0. The highest BCUT2D eigenvalue weighted by Gasteiger charge is 2.54. The second-order valence-electron chi connectivity index (χ2n) is 3.18. The van der Waals surface area contributed by atoms with Crippen molar-refractivity contribution in [3.8, 4) is 0 Å². The van der Waals surface area contributed by atoms with Crippen LogP contribution < -0.4 is 0 Å². The summed E-state index contributed by atoms with van der Waals surface area (Å²) in [7, 11) is 0. The normalized spacial score (nSPS) is 11.0. The molecule has 0 aromatic carbocycles. The molecule has 5 N–H and O–H groups in total. The molecule has 0 bridgehead atoms. The Hall–Kier alpha value is -2.69. The van der Waals surface area contributed by atoms with Gasteiger partial charge < -0.3 is 30.3 Å². The molecular weight excluding hydrogens is 272 g/mol. The van der Waals surface area contributed by atoms with Gasteiger partial charge in [-0.3, -0.25) is 4.79 Å². The number of carboxylic acids is 5. The Morgan fingerprint density at radius 1 is 0.842 bits per heavy atom. The van der Waals surface area contributed by atoms with Crippen LogP contribution in [0.2, 0.25) is 0 Å². The van der Waals surface area contributed by atoms with Gasteiger partial charge in [-0.25, -0.2) is 19.2 Å². The fourth-order valence-corrected chi connectivity index (χ4v) is 1.01. The van der Waals surface area contributed by atoms with E-state index < -0.39 is 48.0 Å². The quantitative estimate of drug-likeness (QED) is 0.306. The van der Waals surface area contributed by atoms with E-state index in [9.17, 15) is 24.0 Å². The second kappa shape index (κ2) is 5.77. The SMILES string of the molecule is O=C(O)CC(OC(C(=O)O)C(=O)O)(C(=O)O)C(=O)O. The Morgan fingerprint density at radius 3 is 1.42 bits per heavy atom. The number of ether oxygens (including phenoxy) is 1. The molecule has 0 saturated carbocycles. The van der Waals surface area contributed by atoms with Gasteiger partial charge in [0.1, 0.15) is 0 Å². The Labute approximate surface area is 103 Å². The summed E-state index contributed by atoms with van der Waals surface area (Å²) < 4.78 is 4.02. The molecule has 0 fully saturated rings. The predicted molar refractivity (Wildman–Crippen MR) is 50.4 cm³/mol. The highest BCUT2D eigenvalue weighted by molar-refractivity contribution is 6.06. The fraction of sp³-hybridized carbons (Fsp3) is 0.375. The molecule has 11 nitrogen and oxygen atoms in total. The van der Waals surface area contributed by atoms with Crippen molar-refractivity contribution in [3.05, 3.63) is 0 Å². The van der Waals surface area contributed by atoms with Gasteiger partial charge in [-0.1, -0.05) is 0 Å². The molecule has 106 valence electrons. The summed E-state index contributed by atoms with van der Waals surface area (Å²) in [5.74, 6) is -11.0. The van der Waals surface area contributed by atoms with Crippen molar-refractivity contribution < 1.29 is 54.2 Å². The predicted octanol–water partition coefficient (Wildman–Crippen LogP) is -2.08. The van der Waals surface area contributed by atoms with Crippen molar-refractivity contribution in [3.63, 3.8) is 0 Å². The lowest BCUT2D eigenvalue weighted by Gasteiger charge is -2.25. The number of hydrogen-bond donors (Lipinski definition) is 5. The maximum atomic E-state index is 10.8. The van der Waals surface area contributed by atoms with Crippen molar-refractivity contribution >= 4 is 29.8 Å². The molecule has 0 radical (unpaired) electrons. The Kier molecular flexibility index (Phi) is 4.95. The molecule has 0 aromatic heterocycles. The molecule has 0 unspecified atom stereocenters. The first-order valence-corrected chi connectivity index (χ1v) is 4.36. The van der Waals surface area contributed by atoms with Gasteiger partial charge in [0, 0.05) is 0 Å². The maximum Gasteiger partial charge on any atom is 0.348 e. The molecule has 19 heavy (non-hydrogen) atoms. The van der Waals surface area contributed by atoms with E-state index in [4.69, 9.17) is 25.5 Å². The lowest BCUT2D eigenvalue weighted by atomic mass is 9.99. The lowest BCUT2D eigenvalue weighted by molar-refractivity contribution is -0.202. The summed E-state index contributed by atoms with van der Waals surface area (Å²) in [4.78, 5) is 53.1. The van der Waals surface area contributed by atoms with Gasteiger partial charge in [0.2, 0.25) is 0 Å². The van der Waals surface area contributed by atoms with Crippen molar-refractivity contribution in [2.45, 2.75) is 18.1 Å². The minimum atomic E-state index is -3.52. The summed E-state index contributed by atoms with van der Waals surface area (Å²) in [6.07, 6.45) is -4.50. The van der Waals surface area contributed by atoms with Gasteiger partial charge in [0.05, 0.1) is 6.42 Å². The summed E-state index contributed by atoms with van der Waals surface area (Å²) in [5.41, 5.74) is -3.52. The van der Waals surface area contributed by atoms with Crippen molar-refractivity contribution in [1.29, 1.82) is 0 Å². The first-order chi connectivity index (χ1) is 8.54. The van der Waals surface area contributed by atoms with E-state index in [0.29, 0.717) is 0 Å². The number of aliphatic carboxylic acids is 5. The zero-order valence-electron chi connectivity index (χ0n) is 8.97. The molecular formula is C8H8O11. The minimum absolute atomic E-state index is 1.66. The molecule has 0 saturated heterocycles. The van der Waals surface area contributed by atoms with Crippen molar-refractivity contribution in [1.82, 2.24) is 0 Å². The van der Waals surface area contributed by atoms with E-state index in [2.05, 4.69) is 4.74 Å². The fourth-order valence-electron chi connectivity index (χ4n) is 1.01. The van der Waals surface area contributed by atoms with E-state index in [0.717, 1.165) is 0 Å². The van der Waals surface area contributed by atoms with E-state index in [1.165, 1.54) is 0 Å². The average Bonchev–Trinajstić information content (AvgIpc) is 2.21. The van der Waals surface area contributed by atoms with Gasteiger partial charge in [-0.05, 0) is 0 Å². The third-order valence-electron chi connectivity index (χ3n) is 1.86. The second-order valence-corrected chi connectivity index (χ2v) is 3.18. The van der Waals surface area contributed by atoms with Crippen LogP contribution in [0.4, 0.5) is 0 Å². The highest BCUT2D eigenvalue weighted by Crippen LogP contribution is 2.20. The van der Waals surface area contributed by atoms with Gasteiger partial charge in [-0.15, -0.1) is 0 Å². The van der Waals surface area contributed by atoms with E-state index in [1.807, 2.05) is 0 Å². The van der Waals surface area contributed by atoms with Crippen LogP contribution in [0.3, 0.4) is 0 Å². The van der Waals surface area contributed by atoms with Crippen LogP contribution in [-0.4, -0.2) is 67.1 Å². The van der Waals surface area contributed by atoms with Crippen LogP contribution in [0.1, 0.15) is 6.42 Å². The Balaban J connectivity index is 5.64. The van der Waals surface area contributed by atoms with Crippen LogP contribution in [0.5, 0.6) is 0 Å². The van der Waals surface area contributed by atoms with Crippen LogP contribution >= 0.6 is 0 Å². The van der Waals surface area contributed by atoms with Crippen LogP contribution in [0.25, 0.3) is 0 Å². The van der Waals surface area contributed by atoms with E-state index in [1.54, 1.807) is 0 Å². The van der Waals surface area contributed by atoms with Gasteiger partial charge in [0.15, 0.2) is 0 Å². The van der Waals surface area contributed by atoms with Crippen molar-refractivity contribution in [2.24, 2.45) is 0 Å². The standard InChI is InChI=1S/C8H8O11/c9-2(10)1-8(6(15)16,7(17)18)19-3(4(11)12)5(13)14/h3H,1H2,(H,9,10)(H,11,12)(H,13,14)(H,15,16)(H,17,18). The number of carboxylic acid groups (broad SMARTS) is 5. The average molecular weight is 280 g/mol. The lowest BCUT2D eigenvalue weighted by Crippen LogP contribution is -2.55. The van der Waals surface area contributed by atoms with E-state index >= 15 is 0 Å². The third-order valence-corrected chi connectivity index (χ3v) is 1.86. The number of hydrogen-bond acceptors (Lipinski definition) is 6. The monoisotopic (exact) mass is 280 g/mol. The van der Waals surface area contributed by atoms with Crippen molar-refractivity contribution in [2.75, 3.05) is 0 Å². The Morgan fingerprint density at radius 2 is 1.21 bits per heavy atom. The Bertz CT molecular complexity index is 408. The van der Waals surface area contributed by atoms with Gasteiger partial charge >= 0.3 is 29.8 Å². The third kappa shape index (κ3) is 3.64. The van der Waals surface area contributed by atoms with Gasteiger partial charge in [0.25, 0.3) is 11.7 Å². The molecule has 0 rings (SSSR count). The van der Waals surface area contributed by atoms with Gasteiger partial charge in [-0.2, -0.15) is 0 Å². The molecule has 0 amide bonds. The van der Waals surface area contributed by atoms with Crippen LogP contribution in [-0.2, 0) is 28.7 Å². The van der Waals surface area contributed by atoms with E-state index in [-0.39, 0.29) is 0 Å². The molecule has 0 aliphatic heterocycles. The first-order valence-electron chi connectivity index (χ1n) is 4.36. The molecule has 0 spiro atoms. The zero-order chi connectivity index (χ0) is 15.4. The number of rotatable bonds is 8. The molecule has 0 aliphatic carbocycles. The molecule has 0 atom stereocenters. The molecule has 11 heteroatoms. The summed E-state index contributed by atoms with van der Waals surface area (Å²) >= 11 is 0. The minimum Gasteiger partial charge on any atom is -0.481 e. The molecule has 0 heterocycles. The first kappa shape index (κ1) is 16.3.